The summed E-state index contributed by atoms with van der Waals surface area (Å²) in [6.45, 7) is 0.563. The molecule has 0 radical (unpaired) electrons. The summed E-state index contributed by atoms with van der Waals surface area (Å²) in [6.07, 6.45) is 1.56. The molecule has 0 unspecified atom stereocenters. The van der Waals surface area contributed by atoms with Gasteiger partial charge >= 0.3 is 0 Å². The molecule has 5 nitrogen and oxygen atoms in total. The second-order valence-electron chi connectivity index (χ2n) is 3.57. The Kier molecular flexibility index (Phi) is 4.07. The highest BCUT2D eigenvalue weighted by Gasteiger charge is 2.12. The summed E-state index contributed by atoms with van der Waals surface area (Å²) in [6, 6.07) is 5.15. The van der Waals surface area contributed by atoms with Crippen LogP contribution in [0.3, 0.4) is 0 Å². The first-order valence-corrected chi connectivity index (χ1v) is 5.71. The van der Waals surface area contributed by atoms with Crippen molar-refractivity contribution in [2.75, 3.05) is 7.11 Å². The summed E-state index contributed by atoms with van der Waals surface area (Å²) in [4.78, 5) is 0. The van der Waals surface area contributed by atoms with Crippen LogP contribution in [0, 0.1) is 0 Å². The topological polar surface area (TPSA) is 70.5 Å². The summed E-state index contributed by atoms with van der Waals surface area (Å²) in [7, 11) is 1.55. The molecule has 2 aromatic rings. The number of nitrogens with zero attached hydrogens (tertiary/aromatic N) is 1. The van der Waals surface area contributed by atoms with Crippen molar-refractivity contribution in [1.29, 1.82) is 0 Å². The highest BCUT2D eigenvalue weighted by Crippen LogP contribution is 2.35. The molecule has 0 saturated heterocycles. The number of hydrogen-bond acceptors (Lipinski definition) is 5. The molecular weight excluding hydrogens is 256 g/mol. The first-order chi connectivity index (χ1) is 8.74. The van der Waals surface area contributed by atoms with Gasteiger partial charge in [-0.15, -0.1) is 0 Å². The number of ether oxygens (including phenoxy) is 2. The summed E-state index contributed by atoms with van der Waals surface area (Å²) in [5.41, 5.74) is 6.44. The van der Waals surface area contributed by atoms with Gasteiger partial charge in [-0.3, -0.25) is 0 Å². The normalized spacial score (nSPS) is 10.4. The SMILES string of the molecule is COc1cc(Cl)cc(CN)c1OCc1ccno1. The lowest BCUT2D eigenvalue weighted by Crippen LogP contribution is -2.04. The summed E-state index contributed by atoms with van der Waals surface area (Å²) in [5, 5.41) is 4.16. The van der Waals surface area contributed by atoms with Crippen LogP contribution in [0.4, 0.5) is 0 Å². The smallest absolute Gasteiger partial charge is 0.174 e. The van der Waals surface area contributed by atoms with E-state index < -0.39 is 0 Å². The summed E-state index contributed by atoms with van der Waals surface area (Å²) < 4.78 is 15.8. The lowest BCUT2D eigenvalue weighted by atomic mass is 10.2. The van der Waals surface area contributed by atoms with Gasteiger partial charge < -0.3 is 19.7 Å². The third kappa shape index (κ3) is 2.75. The molecule has 1 heterocycles. The number of benzene rings is 1. The zero-order valence-electron chi connectivity index (χ0n) is 9.85. The molecule has 0 bridgehead atoms. The predicted octanol–water partition coefficient (Wildman–Crippen LogP) is 2.37. The maximum absolute atomic E-state index is 5.96. The molecule has 0 spiro atoms. The molecule has 0 atom stereocenters. The highest BCUT2D eigenvalue weighted by atomic mass is 35.5. The van der Waals surface area contributed by atoms with Gasteiger partial charge in [0, 0.05) is 29.3 Å². The van der Waals surface area contributed by atoms with Crippen molar-refractivity contribution >= 4 is 11.6 Å². The molecule has 18 heavy (non-hydrogen) atoms. The van der Waals surface area contributed by atoms with Gasteiger partial charge in [-0.05, 0) is 6.07 Å². The Balaban J connectivity index is 2.24. The highest BCUT2D eigenvalue weighted by molar-refractivity contribution is 6.30. The monoisotopic (exact) mass is 268 g/mol. The van der Waals surface area contributed by atoms with Crippen molar-refractivity contribution in [3.63, 3.8) is 0 Å². The Morgan fingerprint density at radius 1 is 1.44 bits per heavy atom. The zero-order chi connectivity index (χ0) is 13.0. The van der Waals surface area contributed by atoms with Crippen LogP contribution in [-0.2, 0) is 13.2 Å². The van der Waals surface area contributed by atoms with Gasteiger partial charge in [0.25, 0.3) is 0 Å². The molecule has 6 heteroatoms. The number of nitrogens with two attached hydrogens (primary N) is 1. The van der Waals surface area contributed by atoms with E-state index in [-0.39, 0.29) is 6.61 Å². The quantitative estimate of drug-likeness (QED) is 0.901. The molecule has 0 aliphatic carbocycles. The fraction of sp³-hybridized carbons (Fsp3) is 0.250. The Morgan fingerprint density at radius 2 is 2.28 bits per heavy atom. The van der Waals surface area contributed by atoms with Crippen LogP contribution >= 0.6 is 11.6 Å². The molecule has 2 rings (SSSR count). The summed E-state index contributed by atoms with van der Waals surface area (Å²) in [5.74, 6) is 1.73. The molecule has 1 aromatic carbocycles. The lowest BCUT2D eigenvalue weighted by Gasteiger charge is -2.14. The predicted molar refractivity (Wildman–Crippen MR) is 66.7 cm³/mol. The van der Waals surface area contributed by atoms with Gasteiger partial charge in [0.15, 0.2) is 17.3 Å². The molecule has 0 aliphatic rings. The van der Waals surface area contributed by atoms with Gasteiger partial charge in [0.1, 0.15) is 6.61 Å². The number of aromatic nitrogens is 1. The van der Waals surface area contributed by atoms with Crippen LogP contribution in [-0.4, -0.2) is 12.3 Å². The maximum atomic E-state index is 5.96. The standard InChI is InChI=1S/C12H13ClN2O3/c1-16-11-5-9(13)4-8(6-14)12(11)17-7-10-2-3-15-18-10/h2-5H,6-7,14H2,1H3. The van der Waals surface area contributed by atoms with Crippen LogP contribution in [0.1, 0.15) is 11.3 Å². The summed E-state index contributed by atoms with van der Waals surface area (Å²) >= 11 is 5.96. The Labute approximate surface area is 109 Å². The second-order valence-corrected chi connectivity index (χ2v) is 4.00. The first-order valence-electron chi connectivity index (χ1n) is 5.33. The fourth-order valence-electron chi connectivity index (χ4n) is 1.55. The molecule has 0 aliphatic heterocycles. The largest absolute Gasteiger partial charge is 0.493 e. The van der Waals surface area contributed by atoms with Crippen LogP contribution in [0.25, 0.3) is 0 Å². The zero-order valence-corrected chi connectivity index (χ0v) is 10.6. The van der Waals surface area contributed by atoms with Crippen molar-refractivity contribution < 1.29 is 14.0 Å². The molecule has 0 fully saturated rings. The van der Waals surface area contributed by atoms with E-state index in [1.165, 1.54) is 0 Å². The molecule has 0 saturated carbocycles. The number of halogens is 1. The number of methoxy groups -OCH3 is 1. The van der Waals surface area contributed by atoms with Gasteiger partial charge in [0.2, 0.25) is 0 Å². The Hall–Kier alpha value is -1.72. The van der Waals surface area contributed by atoms with Crippen molar-refractivity contribution in [2.24, 2.45) is 5.73 Å². The molecule has 0 amide bonds. The number of hydrogen-bond donors (Lipinski definition) is 1. The Bertz CT molecular complexity index is 489. The van der Waals surface area contributed by atoms with Crippen molar-refractivity contribution in [3.05, 3.63) is 40.7 Å². The van der Waals surface area contributed by atoms with Crippen molar-refractivity contribution in [3.8, 4) is 11.5 Å². The maximum Gasteiger partial charge on any atom is 0.174 e. The molecule has 1 aromatic heterocycles. The van der Waals surface area contributed by atoms with Crippen LogP contribution in [0.2, 0.25) is 5.02 Å². The average molecular weight is 269 g/mol. The second kappa shape index (κ2) is 5.75. The third-order valence-corrected chi connectivity index (χ3v) is 2.60. The molecule has 96 valence electrons. The van der Waals surface area contributed by atoms with E-state index in [1.807, 2.05) is 0 Å². The number of rotatable bonds is 5. The van der Waals surface area contributed by atoms with E-state index in [1.54, 1.807) is 31.5 Å². The van der Waals surface area contributed by atoms with Gasteiger partial charge in [0.05, 0.1) is 13.3 Å². The van der Waals surface area contributed by atoms with E-state index >= 15 is 0 Å². The first kappa shape index (κ1) is 12.7. The third-order valence-electron chi connectivity index (χ3n) is 2.39. The molecular formula is C12H13ClN2O3. The van der Waals surface area contributed by atoms with E-state index in [2.05, 4.69) is 5.16 Å². The minimum Gasteiger partial charge on any atom is -0.493 e. The minimum absolute atomic E-state index is 0.255. The Morgan fingerprint density at radius 3 is 2.89 bits per heavy atom. The van der Waals surface area contributed by atoms with E-state index in [9.17, 15) is 0 Å². The average Bonchev–Trinajstić information content (AvgIpc) is 2.89. The van der Waals surface area contributed by atoms with Gasteiger partial charge in [-0.1, -0.05) is 16.8 Å². The van der Waals surface area contributed by atoms with E-state index in [0.29, 0.717) is 28.8 Å². The van der Waals surface area contributed by atoms with Crippen molar-refractivity contribution in [2.45, 2.75) is 13.2 Å². The van der Waals surface area contributed by atoms with E-state index in [4.69, 9.17) is 31.3 Å². The fourth-order valence-corrected chi connectivity index (χ4v) is 1.78. The van der Waals surface area contributed by atoms with Crippen LogP contribution in [0.5, 0.6) is 11.5 Å². The molecule has 2 N–H and O–H groups in total. The van der Waals surface area contributed by atoms with Crippen LogP contribution < -0.4 is 15.2 Å². The van der Waals surface area contributed by atoms with Gasteiger partial charge in [-0.2, -0.15) is 0 Å². The lowest BCUT2D eigenvalue weighted by molar-refractivity contribution is 0.237. The van der Waals surface area contributed by atoms with Gasteiger partial charge in [-0.25, -0.2) is 0 Å². The van der Waals surface area contributed by atoms with Crippen molar-refractivity contribution in [1.82, 2.24) is 5.16 Å². The van der Waals surface area contributed by atoms with E-state index in [0.717, 1.165) is 5.56 Å². The van der Waals surface area contributed by atoms with Crippen LogP contribution in [0.15, 0.2) is 28.9 Å². The minimum atomic E-state index is 0.255.